The average molecular weight is 306 g/mol. The number of ether oxygens (including phenoxy) is 2. The number of hydroxylamine groups is 1. The van der Waals surface area contributed by atoms with E-state index in [1.54, 1.807) is 30.0 Å². The smallest absolute Gasteiger partial charge is 0.248 e. The number of anilines is 1. The van der Waals surface area contributed by atoms with Gasteiger partial charge in [0.25, 0.3) is 0 Å². The maximum Gasteiger partial charge on any atom is 0.248 e. The molecule has 0 unspecified atom stereocenters. The van der Waals surface area contributed by atoms with Gasteiger partial charge >= 0.3 is 0 Å². The Bertz CT molecular complexity index is 589. The fourth-order valence-electron chi connectivity index (χ4n) is 2.56. The number of carbonyl (C=O) groups excluding carboxylic acids is 2. The summed E-state index contributed by atoms with van der Waals surface area (Å²) in [4.78, 5) is 30.5. The highest BCUT2D eigenvalue weighted by Gasteiger charge is 2.35. The number of hydrogen-bond donors (Lipinski definition) is 1. The summed E-state index contributed by atoms with van der Waals surface area (Å²) in [6.07, 6.45) is 0.174. The van der Waals surface area contributed by atoms with Crippen molar-refractivity contribution in [3.8, 4) is 11.5 Å². The normalized spacial score (nSPS) is 20.1. The summed E-state index contributed by atoms with van der Waals surface area (Å²) in [7, 11) is 0. The first-order valence-electron chi connectivity index (χ1n) is 7.30. The van der Waals surface area contributed by atoms with Gasteiger partial charge in [0.2, 0.25) is 11.8 Å². The number of benzene rings is 1. The van der Waals surface area contributed by atoms with Crippen LogP contribution in [0.2, 0.25) is 0 Å². The molecule has 1 fully saturated rings. The van der Waals surface area contributed by atoms with Crippen LogP contribution < -0.4 is 19.9 Å². The second-order valence-electron chi connectivity index (χ2n) is 5.13. The van der Waals surface area contributed by atoms with Crippen LogP contribution in [0.3, 0.4) is 0 Å². The molecule has 7 nitrogen and oxygen atoms in total. The van der Waals surface area contributed by atoms with E-state index < -0.39 is 5.92 Å². The second-order valence-corrected chi connectivity index (χ2v) is 5.13. The number of fused-ring (bicyclic) bond motifs is 1. The summed E-state index contributed by atoms with van der Waals surface area (Å²) in [5.74, 6) is 0.530. The molecule has 2 aliphatic heterocycles. The third-order valence-electron chi connectivity index (χ3n) is 3.65. The van der Waals surface area contributed by atoms with Crippen LogP contribution in [0, 0.1) is 5.92 Å². The zero-order chi connectivity index (χ0) is 15.5. The number of rotatable bonds is 4. The maximum absolute atomic E-state index is 12.2. The highest BCUT2D eigenvalue weighted by atomic mass is 16.6. The Morgan fingerprint density at radius 3 is 2.91 bits per heavy atom. The maximum atomic E-state index is 12.2. The molecule has 0 aromatic heterocycles. The fourth-order valence-corrected chi connectivity index (χ4v) is 2.56. The number of carbonyl (C=O) groups is 2. The van der Waals surface area contributed by atoms with Crippen LogP contribution >= 0.6 is 0 Å². The van der Waals surface area contributed by atoms with Gasteiger partial charge in [-0.1, -0.05) is 0 Å². The number of amides is 2. The molecule has 0 bridgehead atoms. The molecule has 0 saturated carbocycles. The van der Waals surface area contributed by atoms with Crippen LogP contribution in [0.4, 0.5) is 5.69 Å². The van der Waals surface area contributed by atoms with Crippen LogP contribution in [-0.4, -0.2) is 38.2 Å². The van der Waals surface area contributed by atoms with Gasteiger partial charge in [-0.3, -0.25) is 14.4 Å². The van der Waals surface area contributed by atoms with Crippen molar-refractivity contribution in [3.05, 3.63) is 18.2 Å². The molecule has 1 aromatic rings. The van der Waals surface area contributed by atoms with Gasteiger partial charge in [-0.25, -0.2) is 5.48 Å². The van der Waals surface area contributed by atoms with Crippen LogP contribution in [0.15, 0.2) is 18.2 Å². The summed E-state index contributed by atoms with van der Waals surface area (Å²) in [5, 5.41) is 0. The molecule has 118 valence electrons. The van der Waals surface area contributed by atoms with Gasteiger partial charge in [0.05, 0.1) is 12.5 Å². The van der Waals surface area contributed by atoms with E-state index in [1.807, 2.05) is 0 Å². The first-order valence-corrected chi connectivity index (χ1v) is 7.30. The Balaban J connectivity index is 1.72. The van der Waals surface area contributed by atoms with Crippen LogP contribution in [0.1, 0.15) is 13.3 Å². The minimum Gasteiger partial charge on any atom is -0.486 e. The topological polar surface area (TPSA) is 77.1 Å². The molecule has 1 N–H and O–H groups in total. The Hall–Kier alpha value is -2.28. The number of nitrogens with one attached hydrogen (secondary N) is 1. The standard InChI is InChI=1S/C15H18N2O5/c1-2-22-16-15(19)10-7-14(18)17(9-10)11-3-4-12-13(8-11)21-6-5-20-12/h3-4,8,10H,2,5-7,9H2,1H3,(H,16,19)/t10-/m1/s1. The van der Waals surface area contributed by atoms with E-state index in [1.165, 1.54) is 0 Å². The van der Waals surface area contributed by atoms with E-state index in [0.29, 0.717) is 43.6 Å². The molecule has 3 rings (SSSR count). The zero-order valence-corrected chi connectivity index (χ0v) is 12.3. The molecule has 22 heavy (non-hydrogen) atoms. The monoisotopic (exact) mass is 306 g/mol. The summed E-state index contributed by atoms with van der Waals surface area (Å²) in [6.45, 7) is 3.51. The quantitative estimate of drug-likeness (QED) is 0.836. The van der Waals surface area contributed by atoms with Gasteiger partial charge in [-0.15, -0.1) is 0 Å². The van der Waals surface area contributed by atoms with Gasteiger partial charge in [0, 0.05) is 24.7 Å². The van der Waals surface area contributed by atoms with E-state index in [9.17, 15) is 9.59 Å². The van der Waals surface area contributed by atoms with Crippen molar-refractivity contribution in [2.45, 2.75) is 13.3 Å². The molecular weight excluding hydrogens is 288 g/mol. The predicted molar refractivity (Wildman–Crippen MR) is 77.7 cm³/mol. The Morgan fingerprint density at radius 2 is 2.14 bits per heavy atom. The Morgan fingerprint density at radius 1 is 1.36 bits per heavy atom. The molecule has 1 atom stereocenters. The Kier molecular flexibility index (Phi) is 4.15. The largest absolute Gasteiger partial charge is 0.486 e. The first kappa shape index (κ1) is 14.6. The van der Waals surface area contributed by atoms with Crippen molar-refractivity contribution < 1.29 is 23.9 Å². The summed E-state index contributed by atoms with van der Waals surface area (Å²) < 4.78 is 11.0. The second kappa shape index (κ2) is 6.23. The van der Waals surface area contributed by atoms with E-state index in [4.69, 9.17) is 14.3 Å². The van der Waals surface area contributed by atoms with Crippen LogP contribution in [0.25, 0.3) is 0 Å². The lowest BCUT2D eigenvalue weighted by Crippen LogP contribution is -2.33. The molecule has 0 spiro atoms. The molecule has 1 saturated heterocycles. The molecule has 1 aromatic carbocycles. The van der Waals surface area contributed by atoms with Gasteiger partial charge < -0.3 is 14.4 Å². The van der Waals surface area contributed by atoms with Crippen molar-refractivity contribution in [2.24, 2.45) is 5.92 Å². The van der Waals surface area contributed by atoms with Crippen molar-refractivity contribution >= 4 is 17.5 Å². The fraction of sp³-hybridized carbons (Fsp3) is 0.467. The zero-order valence-electron chi connectivity index (χ0n) is 12.3. The van der Waals surface area contributed by atoms with E-state index >= 15 is 0 Å². The summed E-state index contributed by atoms with van der Waals surface area (Å²) in [5.41, 5.74) is 3.06. The van der Waals surface area contributed by atoms with Crippen molar-refractivity contribution in [3.63, 3.8) is 0 Å². The Labute approximate surface area is 128 Å². The lowest BCUT2D eigenvalue weighted by Gasteiger charge is -2.22. The number of nitrogens with zero attached hydrogens (tertiary/aromatic N) is 1. The van der Waals surface area contributed by atoms with Crippen LogP contribution in [0.5, 0.6) is 11.5 Å². The third kappa shape index (κ3) is 2.85. The van der Waals surface area contributed by atoms with Crippen molar-refractivity contribution in [1.29, 1.82) is 0 Å². The summed E-state index contributed by atoms with van der Waals surface area (Å²) >= 11 is 0. The molecule has 2 aliphatic rings. The highest BCUT2D eigenvalue weighted by Crippen LogP contribution is 2.35. The summed E-state index contributed by atoms with van der Waals surface area (Å²) in [6, 6.07) is 5.36. The van der Waals surface area contributed by atoms with Crippen molar-refractivity contribution in [1.82, 2.24) is 5.48 Å². The lowest BCUT2D eigenvalue weighted by atomic mass is 10.1. The predicted octanol–water partition coefficient (Wildman–Crippen LogP) is 0.878. The van der Waals surface area contributed by atoms with E-state index in [0.717, 1.165) is 0 Å². The minimum absolute atomic E-state index is 0.0895. The molecule has 2 amide bonds. The van der Waals surface area contributed by atoms with Crippen LogP contribution in [-0.2, 0) is 14.4 Å². The SMILES string of the molecule is CCONC(=O)[C@@H]1CC(=O)N(c2ccc3c(c2)OCCO3)C1. The van der Waals surface area contributed by atoms with Crippen molar-refractivity contribution in [2.75, 3.05) is 31.3 Å². The van der Waals surface area contributed by atoms with Gasteiger partial charge in [-0.2, -0.15) is 0 Å². The average Bonchev–Trinajstić information content (AvgIpc) is 2.94. The minimum atomic E-state index is -0.410. The molecule has 0 radical (unpaired) electrons. The molecule has 7 heteroatoms. The molecular formula is C15H18N2O5. The first-order chi connectivity index (χ1) is 10.7. The molecule has 2 heterocycles. The van der Waals surface area contributed by atoms with E-state index in [2.05, 4.69) is 5.48 Å². The number of hydrogen-bond acceptors (Lipinski definition) is 5. The lowest BCUT2D eigenvalue weighted by molar-refractivity contribution is -0.137. The van der Waals surface area contributed by atoms with Gasteiger partial charge in [0.1, 0.15) is 13.2 Å². The third-order valence-corrected chi connectivity index (χ3v) is 3.65. The van der Waals surface area contributed by atoms with E-state index in [-0.39, 0.29) is 18.2 Å². The van der Waals surface area contributed by atoms with Gasteiger partial charge in [0.15, 0.2) is 11.5 Å². The van der Waals surface area contributed by atoms with Gasteiger partial charge in [-0.05, 0) is 19.1 Å². The molecule has 0 aliphatic carbocycles. The highest BCUT2D eigenvalue weighted by molar-refractivity contribution is 6.00.